The van der Waals surface area contributed by atoms with Crippen LogP contribution < -0.4 is 10.2 Å². The van der Waals surface area contributed by atoms with E-state index in [1.165, 1.54) is 21.9 Å². The summed E-state index contributed by atoms with van der Waals surface area (Å²) in [7, 11) is 0. The summed E-state index contributed by atoms with van der Waals surface area (Å²) in [6, 6.07) is 40.8. The van der Waals surface area contributed by atoms with Crippen molar-refractivity contribution in [2.24, 2.45) is 5.10 Å². The van der Waals surface area contributed by atoms with Crippen LogP contribution in [0.5, 0.6) is 5.75 Å². The van der Waals surface area contributed by atoms with E-state index in [9.17, 15) is 4.79 Å². The van der Waals surface area contributed by atoms with Gasteiger partial charge in [-0.15, -0.1) is 0 Å². The van der Waals surface area contributed by atoms with E-state index < -0.39 is 0 Å². The molecule has 0 spiro atoms. The molecule has 216 valence electrons. The Morgan fingerprint density at radius 3 is 1.98 bits per heavy atom. The number of hydrazone groups is 1. The maximum absolute atomic E-state index is 12.6. The molecule has 1 aliphatic heterocycles. The van der Waals surface area contributed by atoms with Crippen LogP contribution in [0.2, 0.25) is 0 Å². The monoisotopic (exact) mass is 568 g/mol. The molecule has 0 unspecified atom stereocenters. The second-order valence-electron chi connectivity index (χ2n) is 11.0. The first-order chi connectivity index (χ1) is 21.2. The summed E-state index contributed by atoms with van der Waals surface area (Å²) in [4.78, 5) is 17.6. The van der Waals surface area contributed by atoms with Gasteiger partial charge >= 0.3 is 0 Å². The Bertz CT molecular complexity index is 1660. The van der Waals surface area contributed by atoms with Crippen molar-refractivity contribution in [3.8, 4) is 5.75 Å². The van der Waals surface area contributed by atoms with Crippen molar-refractivity contribution < 1.29 is 9.53 Å². The number of nitrogens with zero attached hydrogens (tertiary/aromatic N) is 3. The Balaban J connectivity index is 0.927. The predicted molar refractivity (Wildman–Crippen MR) is 173 cm³/mol. The van der Waals surface area contributed by atoms with Crippen molar-refractivity contribution in [2.75, 3.05) is 26.2 Å². The number of rotatable bonds is 10. The van der Waals surface area contributed by atoms with Gasteiger partial charge in [-0.25, -0.2) is 5.43 Å². The lowest BCUT2D eigenvalue weighted by atomic mass is 10.1. The molecule has 5 aromatic carbocycles. The smallest absolute Gasteiger partial charge is 0.271 e. The van der Waals surface area contributed by atoms with Crippen LogP contribution in [0.1, 0.15) is 32.6 Å². The lowest BCUT2D eigenvalue weighted by molar-refractivity contribution is 0.0955. The summed E-state index contributed by atoms with van der Waals surface area (Å²) in [6.45, 7) is 6.61. The molecular weight excluding hydrogens is 532 g/mol. The van der Waals surface area contributed by atoms with Gasteiger partial charge in [-0.1, -0.05) is 78.9 Å². The zero-order valence-corrected chi connectivity index (χ0v) is 24.2. The molecule has 6 nitrogen and oxygen atoms in total. The van der Waals surface area contributed by atoms with Crippen LogP contribution in [0.25, 0.3) is 10.8 Å². The molecule has 6 heteroatoms. The van der Waals surface area contributed by atoms with Crippen LogP contribution in [-0.4, -0.2) is 48.1 Å². The number of amides is 1. The molecule has 0 radical (unpaired) electrons. The van der Waals surface area contributed by atoms with E-state index in [0.717, 1.165) is 56.1 Å². The zero-order valence-electron chi connectivity index (χ0n) is 24.2. The van der Waals surface area contributed by atoms with Crippen molar-refractivity contribution >= 4 is 22.9 Å². The minimum atomic E-state index is -0.229. The van der Waals surface area contributed by atoms with E-state index in [0.29, 0.717) is 12.2 Å². The van der Waals surface area contributed by atoms with E-state index in [1.54, 1.807) is 6.21 Å². The third-order valence-corrected chi connectivity index (χ3v) is 7.82. The second kappa shape index (κ2) is 13.9. The lowest BCUT2D eigenvalue weighted by Crippen LogP contribution is -2.45. The van der Waals surface area contributed by atoms with E-state index in [2.05, 4.69) is 81.0 Å². The summed E-state index contributed by atoms with van der Waals surface area (Å²) in [6.07, 6.45) is 1.64. The number of nitrogens with one attached hydrogen (secondary N) is 1. The normalized spacial score (nSPS) is 14.2. The lowest BCUT2D eigenvalue weighted by Gasteiger charge is -2.34. The highest BCUT2D eigenvalue weighted by Gasteiger charge is 2.17. The minimum absolute atomic E-state index is 0.229. The fourth-order valence-corrected chi connectivity index (χ4v) is 5.34. The van der Waals surface area contributed by atoms with Crippen molar-refractivity contribution in [2.45, 2.75) is 19.7 Å². The first-order valence-electron chi connectivity index (χ1n) is 14.8. The summed E-state index contributed by atoms with van der Waals surface area (Å²) >= 11 is 0. The molecule has 5 aromatic rings. The average molecular weight is 569 g/mol. The number of piperazine rings is 1. The van der Waals surface area contributed by atoms with Crippen molar-refractivity contribution in [3.63, 3.8) is 0 Å². The SMILES string of the molecule is O=C(N/N=C\c1ccc(OCc2ccc3ccccc3c2)cc1)c1ccc(CN2CCN(Cc3ccccc3)CC2)cc1. The fraction of sp³-hybridized carbons (Fsp3) is 0.189. The third kappa shape index (κ3) is 7.95. The van der Waals surface area contributed by atoms with E-state index in [-0.39, 0.29) is 5.91 Å². The molecule has 43 heavy (non-hydrogen) atoms. The molecule has 1 fully saturated rings. The minimum Gasteiger partial charge on any atom is -0.489 e. The molecule has 6 rings (SSSR count). The van der Waals surface area contributed by atoms with Crippen LogP contribution in [0.4, 0.5) is 0 Å². The molecular formula is C37H36N4O2. The Morgan fingerprint density at radius 2 is 1.28 bits per heavy atom. The summed E-state index contributed by atoms with van der Waals surface area (Å²) < 4.78 is 5.96. The standard InChI is InChI=1S/C37H36N4O2/c42-37(34-16-10-31(11-17-34)27-41-22-20-40(21-23-41)26-30-6-2-1-3-7-30)39-38-25-29-13-18-36(19-14-29)43-28-32-12-15-33-8-4-5-9-35(33)24-32/h1-19,24-25H,20-23,26-28H2,(H,39,42)/b38-25-. The number of hydrogen-bond acceptors (Lipinski definition) is 5. The molecule has 1 amide bonds. The van der Waals surface area contributed by atoms with E-state index in [1.807, 2.05) is 60.7 Å². The summed E-state index contributed by atoms with van der Waals surface area (Å²) in [5, 5.41) is 6.57. The van der Waals surface area contributed by atoms with Crippen LogP contribution in [0.15, 0.2) is 126 Å². The molecule has 0 aromatic heterocycles. The Kier molecular flexibility index (Phi) is 9.18. The number of benzene rings is 5. The maximum atomic E-state index is 12.6. The summed E-state index contributed by atoms with van der Waals surface area (Å²) in [5.41, 5.74) is 7.79. The maximum Gasteiger partial charge on any atom is 0.271 e. The quantitative estimate of drug-likeness (QED) is 0.154. The van der Waals surface area contributed by atoms with Gasteiger partial charge in [-0.3, -0.25) is 14.6 Å². The first kappa shape index (κ1) is 28.3. The second-order valence-corrected chi connectivity index (χ2v) is 11.0. The van der Waals surface area contributed by atoms with Gasteiger partial charge in [0.1, 0.15) is 12.4 Å². The van der Waals surface area contributed by atoms with Gasteiger partial charge in [0.25, 0.3) is 5.91 Å². The summed E-state index contributed by atoms with van der Waals surface area (Å²) in [5.74, 6) is 0.552. The predicted octanol–water partition coefficient (Wildman–Crippen LogP) is 6.50. The topological polar surface area (TPSA) is 57.2 Å². The highest BCUT2D eigenvalue weighted by atomic mass is 16.5. The van der Waals surface area contributed by atoms with Gasteiger partial charge in [-0.05, 0) is 75.5 Å². The molecule has 1 saturated heterocycles. The Morgan fingerprint density at radius 1 is 0.674 bits per heavy atom. The first-order valence-corrected chi connectivity index (χ1v) is 14.8. The molecule has 0 aliphatic carbocycles. The molecule has 1 N–H and O–H groups in total. The fourth-order valence-electron chi connectivity index (χ4n) is 5.34. The van der Waals surface area contributed by atoms with Crippen LogP contribution in [0, 0.1) is 0 Å². The van der Waals surface area contributed by atoms with Crippen LogP contribution >= 0.6 is 0 Å². The van der Waals surface area contributed by atoms with Crippen molar-refractivity contribution in [3.05, 3.63) is 149 Å². The molecule has 1 aliphatic rings. The average Bonchev–Trinajstić information content (AvgIpc) is 3.06. The molecule has 0 saturated carbocycles. The largest absolute Gasteiger partial charge is 0.489 e. The van der Waals surface area contributed by atoms with Gasteiger partial charge < -0.3 is 4.74 Å². The third-order valence-electron chi connectivity index (χ3n) is 7.82. The van der Waals surface area contributed by atoms with Crippen LogP contribution in [0.3, 0.4) is 0 Å². The van der Waals surface area contributed by atoms with E-state index in [4.69, 9.17) is 4.74 Å². The van der Waals surface area contributed by atoms with Gasteiger partial charge in [0.05, 0.1) is 6.21 Å². The van der Waals surface area contributed by atoms with Crippen molar-refractivity contribution in [1.82, 2.24) is 15.2 Å². The van der Waals surface area contributed by atoms with Gasteiger partial charge in [-0.2, -0.15) is 5.10 Å². The van der Waals surface area contributed by atoms with Crippen LogP contribution in [-0.2, 0) is 19.7 Å². The Labute approximate surface area is 253 Å². The number of fused-ring (bicyclic) bond motifs is 1. The molecule has 0 atom stereocenters. The number of hydrogen-bond donors (Lipinski definition) is 1. The van der Waals surface area contributed by atoms with E-state index >= 15 is 0 Å². The van der Waals surface area contributed by atoms with Gasteiger partial charge in [0.2, 0.25) is 0 Å². The van der Waals surface area contributed by atoms with Crippen molar-refractivity contribution in [1.29, 1.82) is 0 Å². The number of ether oxygens (including phenoxy) is 1. The molecule has 0 bridgehead atoms. The van der Waals surface area contributed by atoms with Gasteiger partial charge in [0, 0.05) is 44.8 Å². The zero-order chi connectivity index (χ0) is 29.3. The molecule has 1 heterocycles. The van der Waals surface area contributed by atoms with Gasteiger partial charge in [0.15, 0.2) is 0 Å². The highest BCUT2D eigenvalue weighted by Crippen LogP contribution is 2.18. The number of carbonyl (C=O) groups is 1. The Hall–Kier alpha value is -4.78. The highest BCUT2D eigenvalue weighted by molar-refractivity contribution is 5.94. The number of carbonyl (C=O) groups excluding carboxylic acids is 1.